The zero-order chi connectivity index (χ0) is 14.1. The summed E-state index contributed by atoms with van der Waals surface area (Å²) < 4.78 is 0. The number of amides is 1. The molecule has 0 bridgehead atoms. The van der Waals surface area contributed by atoms with E-state index in [1.165, 1.54) is 12.2 Å². The van der Waals surface area contributed by atoms with Crippen molar-refractivity contribution in [2.75, 3.05) is 19.9 Å². The van der Waals surface area contributed by atoms with Gasteiger partial charge in [-0.15, -0.1) is 11.8 Å². The molecule has 0 saturated carbocycles. The first-order valence-electron chi connectivity index (χ1n) is 6.29. The predicted molar refractivity (Wildman–Crippen MR) is 80.9 cm³/mol. The van der Waals surface area contributed by atoms with E-state index in [4.69, 9.17) is 4.84 Å². The van der Waals surface area contributed by atoms with Gasteiger partial charge in [0.1, 0.15) is 11.1 Å². The van der Waals surface area contributed by atoms with Crippen LogP contribution in [0.2, 0.25) is 0 Å². The first kappa shape index (κ1) is 13.2. The molecule has 3 rings (SSSR count). The van der Waals surface area contributed by atoms with Crippen molar-refractivity contribution in [3.05, 3.63) is 36.0 Å². The molecular formula is C14H15N3O2S. The normalized spacial score (nSPS) is 18.3. The van der Waals surface area contributed by atoms with E-state index in [1.807, 2.05) is 18.2 Å². The maximum atomic E-state index is 12.0. The van der Waals surface area contributed by atoms with Gasteiger partial charge in [-0.05, 0) is 12.1 Å². The number of benzene rings is 1. The number of likely N-dealkylation sites (N-methyl/N-ethyl adjacent to an activating group) is 1. The second-order valence-electron chi connectivity index (χ2n) is 4.55. The Morgan fingerprint density at radius 3 is 3.05 bits per heavy atom. The van der Waals surface area contributed by atoms with Crippen molar-refractivity contribution in [2.45, 2.75) is 6.04 Å². The molecule has 1 aromatic heterocycles. The van der Waals surface area contributed by atoms with Crippen molar-refractivity contribution in [1.29, 1.82) is 0 Å². The molecule has 2 aromatic rings. The lowest BCUT2D eigenvalue weighted by molar-refractivity contribution is -0.169. The molecule has 5 nitrogen and oxygen atoms in total. The van der Waals surface area contributed by atoms with Gasteiger partial charge in [0.2, 0.25) is 0 Å². The Morgan fingerprint density at radius 1 is 1.50 bits per heavy atom. The number of aliphatic imine (C=N–C) groups is 1. The first-order chi connectivity index (χ1) is 9.69. The van der Waals surface area contributed by atoms with E-state index in [9.17, 15) is 4.79 Å². The third-order valence-corrected chi connectivity index (χ3v) is 4.36. The van der Waals surface area contributed by atoms with E-state index in [2.05, 4.69) is 22.1 Å². The number of fused-ring (bicyclic) bond motifs is 1. The number of aromatic nitrogens is 1. The van der Waals surface area contributed by atoms with Crippen LogP contribution in [-0.4, -0.2) is 47.0 Å². The quantitative estimate of drug-likeness (QED) is 0.880. The molecule has 0 aliphatic carbocycles. The summed E-state index contributed by atoms with van der Waals surface area (Å²) in [6, 6.07) is 9.77. The molecule has 0 saturated heterocycles. The number of hydrogen-bond acceptors (Lipinski definition) is 4. The molecule has 104 valence electrons. The summed E-state index contributed by atoms with van der Waals surface area (Å²) >= 11 is 1.59. The van der Waals surface area contributed by atoms with E-state index < -0.39 is 0 Å². The van der Waals surface area contributed by atoms with Crippen LogP contribution in [0.15, 0.2) is 35.3 Å². The summed E-state index contributed by atoms with van der Waals surface area (Å²) in [6.07, 6.45) is 0. The maximum absolute atomic E-state index is 12.0. The molecular weight excluding hydrogens is 274 g/mol. The van der Waals surface area contributed by atoms with Crippen LogP contribution in [0.5, 0.6) is 0 Å². The van der Waals surface area contributed by atoms with Gasteiger partial charge in [-0.3, -0.25) is 14.6 Å². The van der Waals surface area contributed by atoms with Crippen LogP contribution < -0.4 is 0 Å². The molecule has 1 aliphatic heterocycles. The minimum Gasteiger partial charge on any atom is -0.353 e. The minimum atomic E-state index is -0.369. The Labute approximate surface area is 121 Å². The Hall–Kier alpha value is -1.79. The van der Waals surface area contributed by atoms with Crippen molar-refractivity contribution in [3.63, 3.8) is 0 Å². The monoisotopic (exact) mass is 289 g/mol. The van der Waals surface area contributed by atoms with Crippen LogP contribution >= 0.6 is 11.8 Å². The summed E-state index contributed by atoms with van der Waals surface area (Å²) in [7, 11) is 3.08. The zero-order valence-electron chi connectivity index (χ0n) is 11.3. The van der Waals surface area contributed by atoms with Gasteiger partial charge in [0.15, 0.2) is 0 Å². The second kappa shape index (κ2) is 5.30. The predicted octanol–water partition coefficient (Wildman–Crippen LogP) is 2.05. The number of carbonyl (C=O) groups excluding carboxylic acids is 1. The molecule has 0 fully saturated rings. The standard InChI is InChI=1S/C14H15N3O2S/c1-17(19-2)14(18)12-8-20-13(16-12)11-7-9-5-3-4-6-10(9)15-11/h3-7,12,15H,8H2,1-2H3. The highest BCUT2D eigenvalue weighted by atomic mass is 32.2. The lowest BCUT2D eigenvalue weighted by atomic mass is 10.2. The Kier molecular flexibility index (Phi) is 3.50. The largest absolute Gasteiger partial charge is 0.353 e. The minimum absolute atomic E-state index is 0.119. The van der Waals surface area contributed by atoms with Crippen LogP contribution in [0, 0.1) is 0 Å². The lowest BCUT2D eigenvalue weighted by Gasteiger charge is -2.15. The van der Waals surface area contributed by atoms with Crippen LogP contribution in [0.1, 0.15) is 5.69 Å². The first-order valence-corrected chi connectivity index (χ1v) is 7.28. The van der Waals surface area contributed by atoms with Crippen molar-refractivity contribution < 1.29 is 9.63 Å². The highest BCUT2D eigenvalue weighted by Crippen LogP contribution is 2.26. The summed E-state index contributed by atoms with van der Waals surface area (Å²) in [5.41, 5.74) is 2.04. The molecule has 1 amide bonds. The summed E-state index contributed by atoms with van der Waals surface area (Å²) in [4.78, 5) is 24.7. The second-order valence-corrected chi connectivity index (χ2v) is 5.56. The smallest absolute Gasteiger partial charge is 0.271 e. The number of thioether (sulfide) groups is 1. The SMILES string of the molecule is CON(C)C(=O)C1CSC(c2cc3ccccc3[nH]2)=N1. The van der Waals surface area contributed by atoms with E-state index in [0.717, 1.165) is 21.6 Å². The highest BCUT2D eigenvalue weighted by Gasteiger charge is 2.28. The van der Waals surface area contributed by atoms with Gasteiger partial charge < -0.3 is 4.98 Å². The number of nitrogens with zero attached hydrogens (tertiary/aromatic N) is 2. The number of para-hydroxylation sites is 1. The Balaban J connectivity index is 1.86. The van der Waals surface area contributed by atoms with E-state index in [1.54, 1.807) is 18.8 Å². The van der Waals surface area contributed by atoms with Gasteiger partial charge in [-0.1, -0.05) is 18.2 Å². The average molecular weight is 289 g/mol. The number of hydrogen-bond donors (Lipinski definition) is 1. The summed E-state index contributed by atoms with van der Waals surface area (Å²) in [5.74, 6) is 0.531. The van der Waals surface area contributed by atoms with Gasteiger partial charge >= 0.3 is 0 Å². The molecule has 1 atom stereocenters. The van der Waals surface area contributed by atoms with Crippen molar-refractivity contribution in [3.8, 4) is 0 Å². The third-order valence-electron chi connectivity index (χ3n) is 3.28. The molecule has 1 unspecified atom stereocenters. The summed E-state index contributed by atoms with van der Waals surface area (Å²) in [6.45, 7) is 0. The fourth-order valence-electron chi connectivity index (χ4n) is 2.14. The molecule has 1 N–H and O–H groups in total. The third kappa shape index (κ3) is 2.32. The number of aromatic amines is 1. The number of carbonyl (C=O) groups is 1. The molecule has 0 spiro atoms. The molecule has 0 radical (unpaired) electrons. The van der Waals surface area contributed by atoms with Gasteiger partial charge in [-0.25, -0.2) is 5.06 Å². The van der Waals surface area contributed by atoms with Crippen molar-refractivity contribution >= 4 is 33.6 Å². The molecule has 20 heavy (non-hydrogen) atoms. The lowest BCUT2D eigenvalue weighted by Crippen LogP contribution is -2.34. The highest BCUT2D eigenvalue weighted by molar-refractivity contribution is 8.14. The zero-order valence-corrected chi connectivity index (χ0v) is 12.1. The van der Waals surface area contributed by atoms with Crippen LogP contribution in [0.3, 0.4) is 0 Å². The van der Waals surface area contributed by atoms with Gasteiger partial charge in [0, 0.05) is 23.7 Å². The van der Waals surface area contributed by atoms with Gasteiger partial charge in [-0.2, -0.15) is 0 Å². The number of nitrogens with one attached hydrogen (secondary N) is 1. The number of H-pyrrole nitrogens is 1. The molecule has 1 aliphatic rings. The van der Waals surface area contributed by atoms with Crippen LogP contribution in [0.4, 0.5) is 0 Å². The van der Waals surface area contributed by atoms with Crippen molar-refractivity contribution in [1.82, 2.24) is 10.0 Å². The number of rotatable bonds is 3. The molecule has 1 aromatic carbocycles. The van der Waals surface area contributed by atoms with E-state index in [0.29, 0.717) is 5.75 Å². The Bertz CT molecular complexity index is 647. The fraction of sp³-hybridized carbons (Fsp3) is 0.286. The van der Waals surface area contributed by atoms with Crippen LogP contribution in [-0.2, 0) is 9.63 Å². The van der Waals surface area contributed by atoms with Crippen molar-refractivity contribution in [2.24, 2.45) is 4.99 Å². The van der Waals surface area contributed by atoms with E-state index in [-0.39, 0.29) is 11.9 Å². The fourth-order valence-corrected chi connectivity index (χ4v) is 3.14. The molecule has 2 heterocycles. The van der Waals surface area contributed by atoms with Gasteiger partial charge in [0.25, 0.3) is 5.91 Å². The Morgan fingerprint density at radius 2 is 2.30 bits per heavy atom. The molecule has 6 heteroatoms. The average Bonchev–Trinajstić information content (AvgIpc) is 3.11. The van der Waals surface area contributed by atoms with Gasteiger partial charge in [0.05, 0.1) is 12.8 Å². The van der Waals surface area contributed by atoms with Crippen LogP contribution in [0.25, 0.3) is 10.9 Å². The maximum Gasteiger partial charge on any atom is 0.271 e. The van der Waals surface area contributed by atoms with E-state index >= 15 is 0 Å². The topological polar surface area (TPSA) is 57.7 Å². The number of hydroxylamine groups is 2. The summed E-state index contributed by atoms with van der Waals surface area (Å²) in [5, 5.41) is 3.25.